The minimum atomic E-state index is -0.435. The Morgan fingerprint density at radius 1 is 1.11 bits per heavy atom. The van der Waals surface area contributed by atoms with E-state index < -0.39 is 11.6 Å². The van der Waals surface area contributed by atoms with Crippen molar-refractivity contribution in [2.45, 2.75) is 10.6 Å². The van der Waals surface area contributed by atoms with Crippen molar-refractivity contribution in [2.75, 3.05) is 5.73 Å². The normalized spacial score (nSPS) is 10.6. The van der Waals surface area contributed by atoms with Crippen LogP contribution in [-0.4, -0.2) is 0 Å². The molecule has 2 rings (SSSR count). The van der Waals surface area contributed by atoms with Crippen molar-refractivity contribution >= 4 is 33.4 Å². The molecule has 0 radical (unpaired) electrons. The number of thioether (sulfide) groups is 1. The Morgan fingerprint density at radius 3 is 2.61 bits per heavy atom. The van der Waals surface area contributed by atoms with Gasteiger partial charge in [-0.15, -0.1) is 11.8 Å². The maximum atomic E-state index is 13.4. The van der Waals surface area contributed by atoms with Crippen LogP contribution in [0.1, 0.15) is 5.56 Å². The van der Waals surface area contributed by atoms with Gasteiger partial charge in [-0.3, -0.25) is 0 Å². The zero-order chi connectivity index (χ0) is 13.1. The van der Waals surface area contributed by atoms with Crippen molar-refractivity contribution in [3.63, 3.8) is 0 Å². The molecule has 0 amide bonds. The third-order valence-electron chi connectivity index (χ3n) is 2.35. The first kappa shape index (κ1) is 13.4. The second-order valence-corrected chi connectivity index (χ2v) is 5.59. The van der Waals surface area contributed by atoms with Gasteiger partial charge in [-0.25, -0.2) is 8.78 Å². The fraction of sp³-hybridized carbons (Fsp3) is 0.0769. The quantitative estimate of drug-likeness (QED) is 0.657. The largest absolute Gasteiger partial charge is 0.399 e. The van der Waals surface area contributed by atoms with Crippen molar-refractivity contribution in [1.82, 2.24) is 0 Å². The standard InChI is InChI=1S/C13H10BrF2NS/c14-11-6-10(17)3-1-8(11)7-18-13-5-9(15)2-4-12(13)16/h1-6H,7,17H2. The predicted molar refractivity (Wildman–Crippen MR) is 74.5 cm³/mol. The fourth-order valence-electron chi connectivity index (χ4n) is 1.42. The summed E-state index contributed by atoms with van der Waals surface area (Å²) in [5, 5.41) is 0. The lowest BCUT2D eigenvalue weighted by Crippen LogP contribution is -1.89. The van der Waals surface area contributed by atoms with Gasteiger partial charge in [-0.2, -0.15) is 0 Å². The first-order chi connectivity index (χ1) is 8.56. The van der Waals surface area contributed by atoms with Crippen LogP contribution in [0.15, 0.2) is 45.8 Å². The summed E-state index contributed by atoms with van der Waals surface area (Å²) in [5.74, 6) is -0.301. The van der Waals surface area contributed by atoms with Gasteiger partial charge in [0.2, 0.25) is 0 Å². The third-order valence-corrected chi connectivity index (χ3v) is 4.17. The van der Waals surface area contributed by atoms with Gasteiger partial charge in [0, 0.05) is 20.8 Å². The van der Waals surface area contributed by atoms with E-state index in [1.807, 2.05) is 6.07 Å². The lowest BCUT2D eigenvalue weighted by Gasteiger charge is -2.06. The Morgan fingerprint density at radius 2 is 1.89 bits per heavy atom. The molecule has 2 aromatic rings. The Hall–Kier alpha value is -1.07. The number of benzene rings is 2. The Balaban J connectivity index is 2.13. The summed E-state index contributed by atoms with van der Waals surface area (Å²) in [6.07, 6.45) is 0. The van der Waals surface area contributed by atoms with Crippen LogP contribution in [0, 0.1) is 11.6 Å². The number of nitrogen functional groups attached to an aromatic ring is 1. The molecule has 0 saturated carbocycles. The molecular weight excluding hydrogens is 320 g/mol. The highest BCUT2D eigenvalue weighted by molar-refractivity contribution is 9.10. The number of rotatable bonds is 3. The van der Waals surface area contributed by atoms with Gasteiger partial charge in [0.1, 0.15) is 11.6 Å². The van der Waals surface area contributed by atoms with Crippen molar-refractivity contribution in [1.29, 1.82) is 0 Å². The summed E-state index contributed by atoms with van der Waals surface area (Å²) in [5.41, 5.74) is 7.28. The van der Waals surface area contributed by atoms with E-state index in [9.17, 15) is 8.78 Å². The summed E-state index contributed by atoms with van der Waals surface area (Å²) < 4.78 is 27.3. The van der Waals surface area contributed by atoms with E-state index in [4.69, 9.17) is 5.73 Å². The van der Waals surface area contributed by atoms with Gasteiger partial charge >= 0.3 is 0 Å². The Labute approximate surface area is 117 Å². The molecule has 0 atom stereocenters. The minimum absolute atomic E-state index is 0.304. The summed E-state index contributed by atoms with van der Waals surface area (Å²) in [7, 11) is 0. The lowest BCUT2D eigenvalue weighted by molar-refractivity contribution is 0.577. The maximum absolute atomic E-state index is 13.4. The molecule has 18 heavy (non-hydrogen) atoms. The summed E-state index contributed by atoms with van der Waals surface area (Å²) in [6, 6.07) is 8.88. The SMILES string of the molecule is Nc1ccc(CSc2cc(F)ccc2F)c(Br)c1. The summed E-state index contributed by atoms with van der Waals surface area (Å²) >= 11 is 4.64. The van der Waals surface area contributed by atoms with Crippen LogP contribution < -0.4 is 5.73 Å². The van der Waals surface area contributed by atoms with Crippen molar-refractivity contribution in [3.05, 3.63) is 58.1 Å². The van der Waals surface area contributed by atoms with Crippen LogP contribution in [0.3, 0.4) is 0 Å². The zero-order valence-electron chi connectivity index (χ0n) is 9.29. The predicted octanol–water partition coefficient (Wildman–Crippen LogP) is 4.60. The minimum Gasteiger partial charge on any atom is -0.399 e. The average molecular weight is 330 g/mol. The van der Waals surface area contributed by atoms with E-state index >= 15 is 0 Å². The van der Waals surface area contributed by atoms with Crippen LogP contribution in [-0.2, 0) is 5.75 Å². The van der Waals surface area contributed by atoms with E-state index in [1.54, 1.807) is 12.1 Å². The molecule has 94 valence electrons. The molecule has 1 nitrogen and oxygen atoms in total. The van der Waals surface area contributed by atoms with Crippen molar-refractivity contribution in [3.8, 4) is 0 Å². The fourth-order valence-corrected chi connectivity index (χ4v) is 3.11. The van der Waals surface area contributed by atoms with Gasteiger partial charge in [-0.1, -0.05) is 22.0 Å². The van der Waals surface area contributed by atoms with Crippen LogP contribution in [0.25, 0.3) is 0 Å². The van der Waals surface area contributed by atoms with Crippen molar-refractivity contribution in [2.24, 2.45) is 0 Å². The maximum Gasteiger partial charge on any atom is 0.136 e. The van der Waals surface area contributed by atoms with Gasteiger partial charge in [0.15, 0.2) is 0 Å². The highest BCUT2D eigenvalue weighted by Gasteiger charge is 2.07. The average Bonchev–Trinajstić information content (AvgIpc) is 2.32. The summed E-state index contributed by atoms with van der Waals surface area (Å²) in [4.78, 5) is 0.304. The molecule has 0 spiro atoms. The second-order valence-electron chi connectivity index (χ2n) is 3.71. The van der Waals surface area contributed by atoms with Gasteiger partial charge in [-0.05, 0) is 35.9 Å². The second kappa shape index (κ2) is 5.71. The first-order valence-electron chi connectivity index (χ1n) is 5.18. The highest BCUT2D eigenvalue weighted by Crippen LogP contribution is 2.30. The molecule has 0 fully saturated rings. The number of hydrogen-bond donors (Lipinski definition) is 1. The van der Waals surface area contributed by atoms with Gasteiger partial charge < -0.3 is 5.73 Å². The summed E-state index contributed by atoms with van der Waals surface area (Å²) in [6.45, 7) is 0. The van der Waals surface area contributed by atoms with E-state index in [0.717, 1.165) is 22.2 Å². The van der Waals surface area contributed by atoms with E-state index in [0.29, 0.717) is 16.3 Å². The van der Waals surface area contributed by atoms with Crippen molar-refractivity contribution < 1.29 is 8.78 Å². The number of hydrogen-bond acceptors (Lipinski definition) is 2. The number of halogens is 3. The molecule has 0 unspecified atom stereocenters. The molecule has 0 aliphatic rings. The molecule has 0 aliphatic carbocycles. The molecule has 0 bridgehead atoms. The Bertz CT molecular complexity index is 575. The molecule has 0 aliphatic heterocycles. The van der Waals surface area contributed by atoms with Gasteiger partial charge in [0.05, 0.1) is 0 Å². The molecule has 0 heterocycles. The van der Waals surface area contributed by atoms with Crippen LogP contribution in [0.2, 0.25) is 0 Å². The van der Waals surface area contributed by atoms with E-state index in [1.165, 1.54) is 17.8 Å². The van der Waals surface area contributed by atoms with Crippen LogP contribution in [0.5, 0.6) is 0 Å². The molecule has 2 N–H and O–H groups in total. The molecule has 2 aromatic carbocycles. The topological polar surface area (TPSA) is 26.0 Å². The molecule has 0 aromatic heterocycles. The lowest BCUT2D eigenvalue weighted by atomic mass is 10.2. The smallest absolute Gasteiger partial charge is 0.136 e. The van der Waals surface area contributed by atoms with E-state index in [-0.39, 0.29) is 0 Å². The number of anilines is 1. The molecule has 0 saturated heterocycles. The molecular formula is C13H10BrF2NS. The first-order valence-corrected chi connectivity index (χ1v) is 6.96. The van der Waals surface area contributed by atoms with Gasteiger partial charge in [0.25, 0.3) is 0 Å². The Kier molecular flexibility index (Phi) is 4.24. The van der Waals surface area contributed by atoms with Crippen LogP contribution >= 0.6 is 27.7 Å². The molecule has 5 heteroatoms. The highest BCUT2D eigenvalue weighted by atomic mass is 79.9. The third kappa shape index (κ3) is 3.23. The number of nitrogens with two attached hydrogens (primary N) is 1. The monoisotopic (exact) mass is 329 g/mol. The zero-order valence-corrected chi connectivity index (χ0v) is 11.7. The van der Waals surface area contributed by atoms with Crippen LogP contribution in [0.4, 0.5) is 14.5 Å². The van der Waals surface area contributed by atoms with E-state index in [2.05, 4.69) is 15.9 Å².